The quantitative estimate of drug-likeness (QED) is 0.825. The first kappa shape index (κ1) is 16.4. The number of hydrogen-bond donors (Lipinski definition) is 1. The molecule has 1 N–H and O–H groups in total. The van der Waals surface area contributed by atoms with Gasteiger partial charge in [-0.15, -0.1) is 11.8 Å². The van der Waals surface area contributed by atoms with Gasteiger partial charge < -0.3 is 9.84 Å². The highest BCUT2D eigenvalue weighted by molar-refractivity contribution is 7.99. The highest BCUT2D eigenvalue weighted by Gasteiger charge is 2.18. The Balaban J connectivity index is 1.51. The van der Waals surface area contributed by atoms with Gasteiger partial charge in [-0.05, 0) is 29.7 Å². The predicted octanol–water partition coefficient (Wildman–Crippen LogP) is 3.21. The Bertz CT molecular complexity index is 647. The lowest BCUT2D eigenvalue weighted by molar-refractivity contribution is 0.122. The van der Waals surface area contributed by atoms with Crippen LogP contribution in [0.4, 0.5) is 0 Å². The molecule has 0 fully saturated rings. The fourth-order valence-corrected chi connectivity index (χ4v) is 3.93. The summed E-state index contributed by atoms with van der Waals surface area (Å²) in [5.74, 6) is 1.55. The average molecular weight is 329 g/mol. The molecule has 0 saturated heterocycles. The van der Waals surface area contributed by atoms with Crippen molar-refractivity contribution in [3.63, 3.8) is 0 Å². The molecule has 1 aliphatic rings. The zero-order valence-corrected chi connectivity index (χ0v) is 14.3. The fourth-order valence-electron chi connectivity index (χ4n) is 2.98. The van der Waals surface area contributed by atoms with Gasteiger partial charge in [-0.25, -0.2) is 0 Å². The number of hydrogen-bond acceptors (Lipinski definition) is 4. The van der Waals surface area contributed by atoms with Crippen LogP contribution >= 0.6 is 11.8 Å². The molecule has 3 rings (SSSR count). The van der Waals surface area contributed by atoms with E-state index in [0.29, 0.717) is 5.75 Å². The van der Waals surface area contributed by atoms with Crippen LogP contribution in [-0.4, -0.2) is 42.1 Å². The molecule has 1 atom stereocenters. The van der Waals surface area contributed by atoms with Crippen LogP contribution in [0.25, 0.3) is 0 Å². The molecular weight excluding hydrogens is 306 g/mol. The van der Waals surface area contributed by atoms with Crippen LogP contribution in [0.5, 0.6) is 5.75 Å². The number of fused-ring (bicyclic) bond motifs is 1. The summed E-state index contributed by atoms with van der Waals surface area (Å²) in [5, 5.41) is 10.4. The number of rotatable bonds is 6. The van der Waals surface area contributed by atoms with Crippen LogP contribution in [-0.2, 0) is 13.0 Å². The number of benzene rings is 2. The Kier molecular flexibility index (Phi) is 5.60. The van der Waals surface area contributed by atoms with E-state index in [9.17, 15) is 5.11 Å². The molecule has 0 spiro atoms. The van der Waals surface area contributed by atoms with E-state index < -0.39 is 0 Å². The number of para-hydroxylation sites is 1. The normalized spacial score (nSPS) is 15.9. The third kappa shape index (κ3) is 4.28. The number of aliphatic hydroxyl groups is 1. The summed E-state index contributed by atoms with van der Waals surface area (Å²) in [6.45, 7) is 2.68. The van der Waals surface area contributed by atoms with Crippen molar-refractivity contribution in [1.82, 2.24) is 4.90 Å². The van der Waals surface area contributed by atoms with Crippen molar-refractivity contribution in [2.75, 3.05) is 26.0 Å². The van der Waals surface area contributed by atoms with E-state index >= 15 is 0 Å². The summed E-state index contributed by atoms with van der Waals surface area (Å²) in [6, 6.07) is 16.6. The molecule has 0 aromatic heterocycles. The van der Waals surface area contributed by atoms with Gasteiger partial charge in [-0.2, -0.15) is 0 Å². The number of β-amino-alcohol motifs (C(OH)–C–C–N with tert-alkyl or cyclic N) is 1. The minimum Gasteiger partial charge on any atom is -0.496 e. The van der Waals surface area contributed by atoms with Crippen molar-refractivity contribution < 1.29 is 9.84 Å². The Labute approximate surface area is 142 Å². The van der Waals surface area contributed by atoms with Gasteiger partial charge in [-0.1, -0.05) is 36.4 Å². The van der Waals surface area contributed by atoms with Crippen molar-refractivity contribution in [2.45, 2.75) is 24.0 Å². The standard InChI is InChI=1S/C19H23NO2S/c1-22-18-8-4-5-9-19(18)23-14-17(21)13-20-11-10-15-6-2-3-7-16(15)12-20/h2-9,17,21H,10-14H2,1H3. The van der Waals surface area contributed by atoms with Gasteiger partial charge in [0.2, 0.25) is 0 Å². The molecule has 2 aromatic rings. The lowest BCUT2D eigenvalue weighted by atomic mass is 10.00. The molecule has 1 unspecified atom stereocenters. The lowest BCUT2D eigenvalue weighted by Crippen LogP contribution is -2.37. The molecule has 0 radical (unpaired) electrons. The SMILES string of the molecule is COc1ccccc1SCC(O)CN1CCc2ccccc2C1. The van der Waals surface area contributed by atoms with Crippen LogP contribution < -0.4 is 4.74 Å². The summed E-state index contributed by atoms with van der Waals surface area (Å²) >= 11 is 1.65. The average Bonchev–Trinajstić information content (AvgIpc) is 2.60. The molecule has 0 amide bonds. The molecule has 0 saturated carbocycles. The molecule has 1 heterocycles. The van der Waals surface area contributed by atoms with Crippen LogP contribution in [0.15, 0.2) is 53.4 Å². The number of ether oxygens (including phenoxy) is 1. The van der Waals surface area contributed by atoms with Crippen LogP contribution in [0, 0.1) is 0 Å². The second-order valence-electron chi connectivity index (χ2n) is 5.87. The van der Waals surface area contributed by atoms with Crippen molar-refractivity contribution in [2.24, 2.45) is 0 Å². The molecule has 122 valence electrons. The first-order valence-electron chi connectivity index (χ1n) is 7.99. The van der Waals surface area contributed by atoms with E-state index in [2.05, 4.69) is 29.2 Å². The van der Waals surface area contributed by atoms with E-state index in [4.69, 9.17) is 4.74 Å². The first-order valence-corrected chi connectivity index (χ1v) is 8.98. The van der Waals surface area contributed by atoms with Gasteiger partial charge in [0.25, 0.3) is 0 Å². The Hall–Kier alpha value is -1.49. The third-order valence-corrected chi connectivity index (χ3v) is 5.38. The van der Waals surface area contributed by atoms with Gasteiger partial charge in [0.1, 0.15) is 5.75 Å². The summed E-state index contributed by atoms with van der Waals surface area (Å²) in [4.78, 5) is 3.42. The van der Waals surface area contributed by atoms with Crippen LogP contribution in [0.3, 0.4) is 0 Å². The molecule has 0 bridgehead atoms. The van der Waals surface area contributed by atoms with Crippen LogP contribution in [0.1, 0.15) is 11.1 Å². The molecular formula is C19H23NO2S. The Morgan fingerprint density at radius 3 is 2.70 bits per heavy atom. The lowest BCUT2D eigenvalue weighted by Gasteiger charge is -2.30. The second-order valence-corrected chi connectivity index (χ2v) is 6.93. The van der Waals surface area contributed by atoms with Gasteiger partial charge in [0.05, 0.1) is 13.2 Å². The Morgan fingerprint density at radius 2 is 1.87 bits per heavy atom. The van der Waals surface area contributed by atoms with E-state index in [-0.39, 0.29) is 6.10 Å². The maximum atomic E-state index is 10.4. The number of aliphatic hydroxyl groups excluding tert-OH is 1. The van der Waals surface area contributed by atoms with E-state index in [1.54, 1.807) is 18.9 Å². The zero-order valence-electron chi connectivity index (χ0n) is 13.4. The number of methoxy groups -OCH3 is 1. The zero-order chi connectivity index (χ0) is 16.1. The van der Waals surface area contributed by atoms with E-state index in [1.165, 1.54) is 11.1 Å². The highest BCUT2D eigenvalue weighted by Crippen LogP contribution is 2.29. The monoisotopic (exact) mass is 329 g/mol. The number of thioether (sulfide) groups is 1. The molecule has 2 aromatic carbocycles. The molecule has 23 heavy (non-hydrogen) atoms. The smallest absolute Gasteiger partial charge is 0.132 e. The summed E-state index contributed by atoms with van der Waals surface area (Å²) in [5.41, 5.74) is 2.84. The van der Waals surface area contributed by atoms with Crippen molar-refractivity contribution in [3.05, 3.63) is 59.7 Å². The second kappa shape index (κ2) is 7.86. The van der Waals surface area contributed by atoms with Gasteiger partial charge in [-0.3, -0.25) is 4.90 Å². The van der Waals surface area contributed by atoms with Crippen molar-refractivity contribution in [3.8, 4) is 5.75 Å². The maximum absolute atomic E-state index is 10.4. The maximum Gasteiger partial charge on any atom is 0.132 e. The van der Waals surface area contributed by atoms with Crippen molar-refractivity contribution in [1.29, 1.82) is 0 Å². The summed E-state index contributed by atoms with van der Waals surface area (Å²) < 4.78 is 5.35. The topological polar surface area (TPSA) is 32.7 Å². The minimum atomic E-state index is -0.338. The number of nitrogens with zero attached hydrogens (tertiary/aromatic N) is 1. The van der Waals surface area contributed by atoms with E-state index in [0.717, 1.165) is 36.7 Å². The van der Waals surface area contributed by atoms with Crippen LogP contribution in [0.2, 0.25) is 0 Å². The van der Waals surface area contributed by atoms with Gasteiger partial charge in [0, 0.05) is 30.3 Å². The van der Waals surface area contributed by atoms with Gasteiger partial charge >= 0.3 is 0 Å². The van der Waals surface area contributed by atoms with Gasteiger partial charge in [0.15, 0.2) is 0 Å². The summed E-state index contributed by atoms with van der Waals surface area (Å²) in [7, 11) is 1.68. The fraction of sp³-hybridized carbons (Fsp3) is 0.368. The van der Waals surface area contributed by atoms with Crippen molar-refractivity contribution >= 4 is 11.8 Å². The molecule has 4 heteroatoms. The molecule has 3 nitrogen and oxygen atoms in total. The first-order chi connectivity index (χ1) is 11.3. The third-order valence-electron chi connectivity index (χ3n) is 4.18. The molecule has 0 aliphatic carbocycles. The highest BCUT2D eigenvalue weighted by atomic mass is 32.2. The molecule has 1 aliphatic heterocycles. The minimum absolute atomic E-state index is 0.338. The predicted molar refractivity (Wildman–Crippen MR) is 95.1 cm³/mol. The van der Waals surface area contributed by atoms with E-state index in [1.807, 2.05) is 24.3 Å². The largest absolute Gasteiger partial charge is 0.496 e. The Morgan fingerprint density at radius 1 is 1.13 bits per heavy atom. The summed E-state index contributed by atoms with van der Waals surface area (Å²) in [6.07, 6.45) is 0.734.